The second-order valence-electron chi connectivity index (χ2n) is 6.37. The lowest BCUT2D eigenvalue weighted by Crippen LogP contribution is -2.45. The average molecular weight is 325 g/mol. The smallest absolute Gasteiger partial charge is 0.240 e. The maximum atomic E-state index is 12.1. The molecule has 1 aliphatic heterocycles. The van der Waals surface area contributed by atoms with E-state index in [2.05, 4.69) is 41.4 Å². The molecule has 24 heavy (non-hydrogen) atoms. The van der Waals surface area contributed by atoms with Crippen molar-refractivity contribution in [3.05, 3.63) is 64.6 Å². The summed E-state index contributed by atoms with van der Waals surface area (Å²) in [6, 6.07) is 11.7. The molecule has 1 N–H and O–H groups in total. The van der Waals surface area contributed by atoms with Crippen LogP contribution in [0.3, 0.4) is 0 Å². The Morgan fingerprint density at radius 2 is 1.88 bits per heavy atom. The summed E-state index contributed by atoms with van der Waals surface area (Å²) in [5.74, 6) is -0.00680. The second-order valence-corrected chi connectivity index (χ2v) is 6.37. The molecule has 3 rings (SSSR count). The molecule has 0 saturated carbocycles. The van der Waals surface area contributed by atoms with Crippen LogP contribution in [0.2, 0.25) is 0 Å². The van der Waals surface area contributed by atoms with Gasteiger partial charge in [-0.1, -0.05) is 12.1 Å². The SMILES string of the molecule is Cc1cccc(N2CCC(NC(=O)Cn3ccc(=O)cc3)CC2)c1. The third kappa shape index (κ3) is 4.25. The number of nitrogens with zero attached hydrogens (tertiary/aromatic N) is 2. The number of nitrogens with one attached hydrogen (secondary N) is 1. The molecule has 0 radical (unpaired) electrons. The average Bonchev–Trinajstić information content (AvgIpc) is 2.58. The highest BCUT2D eigenvalue weighted by atomic mass is 16.2. The first-order valence-electron chi connectivity index (χ1n) is 8.37. The predicted octanol–water partition coefficient (Wildman–Crippen LogP) is 1.94. The van der Waals surface area contributed by atoms with E-state index in [1.807, 2.05) is 0 Å². The van der Waals surface area contributed by atoms with Crippen LogP contribution in [-0.2, 0) is 11.3 Å². The van der Waals surface area contributed by atoms with Gasteiger partial charge in [0.1, 0.15) is 6.54 Å². The molecule has 0 unspecified atom stereocenters. The van der Waals surface area contributed by atoms with E-state index in [0.717, 1.165) is 25.9 Å². The highest BCUT2D eigenvalue weighted by Gasteiger charge is 2.20. The number of aryl methyl sites for hydroxylation is 1. The zero-order valence-electron chi connectivity index (χ0n) is 13.9. The van der Waals surface area contributed by atoms with Crippen LogP contribution in [-0.4, -0.2) is 29.6 Å². The van der Waals surface area contributed by atoms with Crippen molar-refractivity contribution < 1.29 is 4.79 Å². The molecular weight excluding hydrogens is 302 g/mol. The van der Waals surface area contributed by atoms with Crippen molar-refractivity contribution >= 4 is 11.6 Å². The molecule has 2 heterocycles. The Morgan fingerprint density at radius 3 is 2.54 bits per heavy atom. The maximum absolute atomic E-state index is 12.1. The van der Waals surface area contributed by atoms with Gasteiger partial charge in [-0.15, -0.1) is 0 Å². The molecule has 0 bridgehead atoms. The second kappa shape index (κ2) is 7.34. The first-order chi connectivity index (χ1) is 11.6. The lowest BCUT2D eigenvalue weighted by molar-refractivity contribution is -0.122. The fourth-order valence-corrected chi connectivity index (χ4v) is 3.09. The molecule has 5 heteroatoms. The quantitative estimate of drug-likeness (QED) is 0.935. The minimum absolute atomic E-state index is 0.00680. The zero-order chi connectivity index (χ0) is 16.9. The van der Waals surface area contributed by atoms with Gasteiger partial charge in [-0.05, 0) is 37.5 Å². The van der Waals surface area contributed by atoms with E-state index in [0.29, 0.717) is 0 Å². The number of piperidine rings is 1. The van der Waals surface area contributed by atoms with Gasteiger partial charge >= 0.3 is 0 Å². The molecule has 5 nitrogen and oxygen atoms in total. The van der Waals surface area contributed by atoms with Crippen molar-refractivity contribution in [2.24, 2.45) is 0 Å². The molecule has 126 valence electrons. The first-order valence-corrected chi connectivity index (χ1v) is 8.37. The monoisotopic (exact) mass is 325 g/mol. The highest BCUT2D eigenvalue weighted by Crippen LogP contribution is 2.20. The van der Waals surface area contributed by atoms with Crippen LogP contribution in [0, 0.1) is 6.92 Å². The maximum Gasteiger partial charge on any atom is 0.240 e. The number of hydrogen-bond acceptors (Lipinski definition) is 3. The number of carbonyl (C=O) groups is 1. The van der Waals surface area contributed by atoms with Crippen molar-refractivity contribution in [1.82, 2.24) is 9.88 Å². The standard InChI is InChI=1S/C19H23N3O2/c1-15-3-2-4-17(13-15)22-11-5-16(6-12-22)20-19(24)14-21-9-7-18(23)8-10-21/h2-4,7-10,13,16H,5-6,11-12,14H2,1H3,(H,20,24). The number of rotatable bonds is 4. The Bertz CT molecular complexity index is 741. The molecule has 0 atom stereocenters. The van der Waals surface area contributed by atoms with Gasteiger partial charge in [0.05, 0.1) is 0 Å². The molecule has 0 aliphatic carbocycles. The molecule has 1 fully saturated rings. The molecule has 1 amide bonds. The Balaban J connectivity index is 1.49. The van der Waals surface area contributed by atoms with Gasteiger partial charge in [0.15, 0.2) is 5.43 Å². The Labute approximate surface area is 141 Å². The van der Waals surface area contributed by atoms with Gasteiger partial charge in [-0.25, -0.2) is 0 Å². The summed E-state index contributed by atoms with van der Waals surface area (Å²) in [6.07, 6.45) is 5.18. The molecule has 2 aromatic rings. The number of hydrogen-bond donors (Lipinski definition) is 1. The summed E-state index contributed by atoms with van der Waals surface area (Å²) in [5, 5.41) is 3.10. The molecule has 1 aliphatic rings. The third-order valence-corrected chi connectivity index (χ3v) is 4.41. The Hall–Kier alpha value is -2.56. The van der Waals surface area contributed by atoms with Crippen molar-refractivity contribution in [1.29, 1.82) is 0 Å². The van der Waals surface area contributed by atoms with E-state index in [4.69, 9.17) is 0 Å². The molecule has 0 spiro atoms. The van der Waals surface area contributed by atoms with E-state index >= 15 is 0 Å². The van der Waals surface area contributed by atoms with Crippen LogP contribution in [0.4, 0.5) is 5.69 Å². The van der Waals surface area contributed by atoms with Crippen LogP contribution in [0.1, 0.15) is 18.4 Å². The Morgan fingerprint density at radius 1 is 1.17 bits per heavy atom. The topological polar surface area (TPSA) is 54.3 Å². The molecule has 1 saturated heterocycles. The fraction of sp³-hybridized carbons (Fsp3) is 0.368. The molecule has 1 aromatic heterocycles. The van der Waals surface area contributed by atoms with Crippen LogP contribution in [0.15, 0.2) is 53.6 Å². The van der Waals surface area contributed by atoms with Crippen LogP contribution in [0.5, 0.6) is 0 Å². The lowest BCUT2D eigenvalue weighted by Gasteiger charge is -2.34. The first kappa shape index (κ1) is 16.3. The van der Waals surface area contributed by atoms with E-state index in [9.17, 15) is 9.59 Å². The summed E-state index contributed by atoms with van der Waals surface area (Å²) in [5.41, 5.74) is 2.48. The highest BCUT2D eigenvalue weighted by molar-refractivity contribution is 5.76. The van der Waals surface area contributed by atoms with Crippen molar-refractivity contribution in [2.45, 2.75) is 32.4 Å². The van der Waals surface area contributed by atoms with Crippen molar-refractivity contribution in [2.75, 3.05) is 18.0 Å². The van der Waals surface area contributed by atoms with Gasteiger partial charge in [-0.3, -0.25) is 9.59 Å². The summed E-state index contributed by atoms with van der Waals surface area (Å²) in [7, 11) is 0. The number of pyridine rings is 1. The van der Waals surface area contributed by atoms with E-state index in [1.165, 1.54) is 23.4 Å². The van der Waals surface area contributed by atoms with Crippen LogP contribution < -0.4 is 15.6 Å². The van der Waals surface area contributed by atoms with Crippen LogP contribution in [0.25, 0.3) is 0 Å². The van der Waals surface area contributed by atoms with E-state index in [-0.39, 0.29) is 23.9 Å². The Kier molecular flexibility index (Phi) is 4.99. The summed E-state index contributed by atoms with van der Waals surface area (Å²) < 4.78 is 1.72. The van der Waals surface area contributed by atoms with Gasteiger partial charge in [0.2, 0.25) is 5.91 Å². The summed E-state index contributed by atoms with van der Waals surface area (Å²) in [6.45, 7) is 4.25. The summed E-state index contributed by atoms with van der Waals surface area (Å²) >= 11 is 0. The van der Waals surface area contributed by atoms with Gasteiger partial charge in [0.25, 0.3) is 0 Å². The van der Waals surface area contributed by atoms with Gasteiger partial charge in [0, 0.05) is 49.3 Å². The number of carbonyl (C=O) groups excluding carboxylic acids is 1. The van der Waals surface area contributed by atoms with Gasteiger partial charge < -0.3 is 14.8 Å². The number of benzene rings is 1. The third-order valence-electron chi connectivity index (χ3n) is 4.41. The fourth-order valence-electron chi connectivity index (χ4n) is 3.09. The number of aromatic nitrogens is 1. The van der Waals surface area contributed by atoms with Crippen molar-refractivity contribution in [3.63, 3.8) is 0 Å². The van der Waals surface area contributed by atoms with E-state index < -0.39 is 0 Å². The molecule has 1 aromatic carbocycles. The van der Waals surface area contributed by atoms with Gasteiger partial charge in [-0.2, -0.15) is 0 Å². The van der Waals surface area contributed by atoms with Crippen molar-refractivity contribution in [3.8, 4) is 0 Å². The molecular formula is C19H23N3O2. The minimum atomic E-state index is -0.0461. The minimum Gasteiger partial charge on any atom is -0.371 e. The lowest BCUT2D eigenvalue weighted by atomic mass is 10.0. The number of amides is 1. The van der Waals surface area contributed by atoms with Crippen LogP contribution >= 0.6 is 0 Å². The predicted molar refractivity (Wildman–Crippen MR) is 95.3 cm³/mol. The number of anilines is 1. The normalized spacial score (nSPS) is 15.3. The zero-order valence-corrected chi connectivity index (χ0v) is 13.9. The largest absolute Gasteiger partial charge is 0.371 e. The van der Waals surface area contributed by atoms with E-state index in [1.54, 1.807) is 17.0 Å². The summed E-state index contributed by atoms with van der Waals surface area (Å²) in [4.78, 5) is 25.6.